The van der Waals surface area contributed by atoms with Gasteiger partial charge in [-0.15, -0.1) is 0 Å². The molecule has 0 radical (unpaired) electrons. The number of aliphatic carboxylic acids is 1. The lowest BCUT2D eigenvalue weighted by Gasteiger charge is -2.29. The van der Waals surface area contributed by atoms with Crippen molar-refractivity contribution in [2.75, 3.05) is 31.2 Å². The fraction of sp³-hybridized carbons (Fsp3) is 0.506. The van der Waals surface area contributed by atoms with Crippen molar-refractivity contribution in [3.63, 3.8) is 0 Å². The van der Waals surface area contributed by atoms with Crippen LogP contribution in [0, 0.1) is 0 Å². The van der Waals surface area contributed by atoms with Gasteiger partial charge in [-0.3, -0.25) is 52.7 Å². The third kappa shape index (κ3) is 28.7. The molecule has 0 spiro atoms. The highest BCUT2D eigenvalue weighted by Gasteiger charge is 2.38. The van der Waals surface area contributed by atoms with Crippen LogP contribution in [0.1, 0.15) is 138 Å². The van der Waals surface area contributed by atoms with Crippen LogP contribution >= 0.6 is 25.3 Å². The van der Waals surface area contributed by atoms with Crippen LogP contribution in [-0.2, 0) is 89.8 Å². The first-order valence-corrected chi connectivity index (χ1v) is 38.5. The average Bonchev–Trinajstić information content (AvgIpc) is 1.63. The zero-order valence-electron chi connectivity index (χ0n) is 62.8. The number of aliphatic hydroxyl groups excluding tert-OH is 2. The number of hydrogen-bond donors (Lipinski definition) is 21. The van der Waals surface area contributed by atoms with Crippen LogP contribution in [0.4, 0.5) is 0 Å². The molecule has 1 aliphatic rings. The minimum Gasteiger partial charge on any atom is -0.508 e. The van der Waals surface area contributed by atoms with E-state index < -0.39 is 163 Å². The summed E-state index contributed by atoms with van der Waals surface area (Å²) in [7, 11) is 0. The Bertz CT molecular complexity index is 3910. The van der Waals surface area contributed by atoms with E-state index in [-0.39, 0.29) is 87.3 Å². The zero-order valence-corrected chi connectivity index (χ0v) is 64.6. The predicted molar refractivity (Wildman–Crippen MR) is 420 cm³/mol. The molecule has 0 saturated carbocycles. The summed E-state index contributed by atoms with van der Waals surface area (Å²) in [5.41, 5.74) is 15.8. The highest BCUT2D eigenvalue weighted by Crippen LogP contribution is 2.27. The minimum absolute atomic E-state index is 0.0457. The number of hydrogen-bond acceptors (Lipinski definition) is 20. The fourth-order valence-electron chi connectivity index (χ4n) is 12.3. The molecule has 0 bridgehead atoms. The number of rotatable bonds is 31. The smallest absolute Gasteiger partial charge is 0.327 e. The van der Waals surface area contributed by atoms with E-state index in [1.54, 1.807) is 79.0 Å². The maximum Gasteiger partial charge on any atom is 0.327 e. The Balaban J connectivity index is 1.46. The lowest BCUT2D eigenvalue weighted by atomic mass is 9.96. The molecule has 0 unspecified atom stereocenters. The number of aliphatic hydroxyl groups is 2. The van der Waals surface area contributed by atoms with Crippen LogP contribution in [0.25, 0.3) is 10.9 Å². The number of fused-ring (bicyclic) bond motifs is 1. The van der Waals surface area contributed by atoms with E-state index in [4.69, 9.17) is 11.5 Å². The molecule has 110 heavy (non-hydrogen) atoms. The van der Waals surface area contributed by atoms with E-state index in [9.17, 15) is 49.2 Å². The fourth-order valence-corrected chi connectivity index (χ4v) is 12.7. The molecular formula is C77H109N15O16S2. The second kappa shape index (κ2) is 45.5. The number of nitrogens with two attached hydrogens (primary N) is 2. The van der Waals surface area contributed by atoms with Crippen molar-refractivity contribution in [1.29, 1.82) is 0 Å². The normalized spacial score (nSPS) is 20.0. The van der Waals surface area contributed by atoms with Crippen molar-refractivity contribution in [2.24, 2.45) is 11.5 Å². The Morgan fingerprint density at radius 2 is 1.20 bits per heavy atom. The Labute approximate surface area is 651 Å². The monoisotopic (exact) mass is 1560 g/mol. The molecule has 6 rings (SSSR count). The van der Waals surface area contributed by atoms with E-state index in [0.717, 1.165) is 5.56 Å². The molecule has 2 heterocycles. The van der Waals surface area contributed by atoms with Crippen molar-refractivity contribution < 1.29 is 78.0 Å². The quantitative estimate of drug-likeness (QED) is 0.0209. The summed E-state index contributed by atoms with van der Waals surface area (Å²) >= 11 is 8.13. The summed E-state index contributed by atoms with van der Waals surface area (Å²) in [5, 5.41) is 75.6. The van der Waals surface area contributed by atoms with E-state index in [1.165, 1.54) is 19.1 Å². The van der Waals surface area contributed by atoms with Gasteiger partial charge in [0.1, 0.15) is 66.2 Å². The first-order valence-electron chi connectivity index (χ1n) is 37.2. The zero-order chi connectivity index (χ0) is 80.6. The van der Waals surface area contributed by atoms with Crippen molar-refractivity contribution in [3.05, 3.63) is 137 Å². The van der Waals surface area contributed by atoms with Crippen LogP contribution < -0.4 is 75.3 Å². The molecule has 33 heteroatoms. The Hall–Kier alpha value is -9.64. The second-order valence-electron chi connectivity index (χ2n) is 28.2. The third-order valence-corrected chi connectivity index (χ3v) is 19.5. The molecule has 31 nitrogen and oxygen atoms in total. The number of H-pyrrole nitrogens is 1. The van der Waals surface area contributed by atoms with Gasteiger partial charge in [0, 0.05) is 79.8 Å². The number of unbranched alkanes of at least 4 members (excludes halogenated alkanes) is 1. The Morgan fingerprint density at radius 1 is 0.600 bits per heavy atom. The van der Waals surface area contributed by atoms with Gasteiger partial charge in [-0.1, -0.05) is 132 Å². The van der Waals surface area contributed by atoms with Gasteiger partial charge in [0.15, 0.2) is 0 Å². The lowest BCUT2D eigenvalue weighted by Crippen LogP contribution is -2.62. The molecule has 5 aromatic rings. The number of amides is 11. The number of carboxylic acid groups (broad SMARTS) is 1. The standard InChI is InChI=1S/C77H109N15O16S2/c1-43(2)52-33-49(27-29-64(52)95)36-60-72(102)84-56(69(99)90-62(40-93)75(105)91-63(42-110)77(107)108)21-11-6-7-16-32-80-65(96)30-28-57(85-71(101)58(34-46-17-9-8-10-18-46)86-68(98)55(22-14-15-31-78)83-67(97)53(79)41-109)70(100)88-61(37-50-39-82-54-20-13-12-19-51(50)54)73(103)87-59(74(104)92-66(45(5)94)76(106)89-60)35-47-23-25-48(26-24-47)38-81-44(3)4/h8-10,12-13,17-20,23-27,29,33,39,43-45,53,55-63,66,81-82,93-95,109-110H,6-7,11,14-16,21-22,28,30-32,34-38,40-42,78-79H2,1-5H3,(H,80,96)(H,83,97)(H,84,102)(H,85,101)(H,86,98)(H,87,103)(H,88,100)(H,89,106)(H,90,99)(H,91,105)(H,92,104)(H,107,108)/t45-,53+,55+,56+,57+,58+,59+,60+,61-,62+,63+,66+/m1/s1. The number of aromatic hydroxyl groups is 1. The highest BCUT2D eigenvalue weighted by atomic mass is 32.1. The second-order valence-corrected chi connectivity index (χ2v) is 28.9. The number of phenolic OH excluding ortho intramolecular Hbond substituents is 1. The van der Waals surface area contributed by atoms with Gasteiger partial charge in [-0.05, 0) is 103 Å². The molecular weight excluding hydrogens is 1460 g/mol. The van der Waals surface area contributed by atoms with Crippen molar-refractivity contribution >= 4 is 107 Å². The van der Waals surface area contributed by atoms with Crippen molar-refractivity contribution in [2.45, 2.75) is 216 Å². The highest BCUT2D eigenvalue weighted by molar-refractivity contribution is 7.80. The molecule has 1 fully saturated rings. The first kappa shape index (κ1) is 89.3. The van der Waals surface area contributed by atoms with Gasteiger partial charge in [0.05, 0.1) is 18.8 Å². The maximum atomic E-state index is 15.6. The topological polar surface area (TPSA) is 498 Å². The number of carboxylic acids is 1. The molecule has 1 saturated heterocycles. The molecule has 600 valence electrons. The maximum absolute atomic E-state index is 15.6. The van der Waals surface area contributed by atoms with Gasteiger partial charge in [-0.2, -0.15) is 25.3 Å². The number of aromatic nitrogens is 1. The number of para-hydroxylation sites is 1. The van der Waals surface area contributed by atoms with E-state index in [0.29, 0.717) is 77.4 Å². The molecule has 21 N–H and O–H groups in total. The van der Waals surface area contributed by atoms with E-state index >= 15 is 28.8 Å². The summed E-state index contributed by atoms with van der Waals surface area (Å²) in [6.07, 6.45) is 0.240. The van der Waals surface area contributed by atoms with Crippen LogP contribution in [0.15, 0.2) is 103 Å². The molecule has 4 aromatic carbocycles. The largest absolute Gasteiger partial charge is 0.508 e. The number of benzene rings is 4. The van der Waals surface area contributed by atoms with Crippen molar-refractivity contribution in [1.82, 2.24) is 68.8 Å². The molecule has 0 aliphatic carbocycles. The predicted octanol–water partition coefficient (Wildman–Crippen LogP) is 0.248. The van der Waals surface area contributed by atoms with Gasteiger partial charge >= 0.3 is 5.97 Å². The summed E-state index contributed by atoms with van der Waals surface area (Å²) in [4.78, 5) is 176. The van der Waals surface area contributed by atoms with Gasteiger partial charge in [-0.25, -0.2) is 4.79 Å². The van der Waals surface area contributed by atoms with Crippen molar-refractivity contribution in [3.8, 4) is 5.75 Å². The van der Waals surface area contributed by atoms with Crippen LogP contribution in [-0.4, -0.2) is 206 Å². The Morgan fingerprint density at radius 3 is 1.85 bits per heavy atom. The first-order chi connectivity index (χ1) is 52.5. The lowest BCUT2D eigenvalue weighted by molar-refractivity contribution is -0.142. The molecule has 1 aromatic heterocycles. The molecule has 11 amide bonds. The number of carbonyl (C=O) groups is 12. The molecule has 1 aliphatic heterocycles. The minimum atomic E-state index is -1.91. The Kier molecular flexibility index (Phi) is 36.9. The molecule has 12 atom stereocenters. The van der Waals surface area contributed by atoms with Gasteiger partial charge in [0.25, 0.3) is 0 Å². The SMILES string of the molecule is CC(C)NCc1ccc(C[C@@H]2NC(=O)[C@@H](Cc3c[nH]c4ccccc34)NC(=O)[C@@H](NC(=O)[C@H](Cc3ccccc3)NC(=O)[C@H](CCCCN)NC(=O)[C@@H](N)CS)CCC(=O)NCCCCCC[C@@H](C(=O)N[C@@H](CO)C(=O)N[C@@H](CS)C(=O)O)NC(=O)[C@H](Cc3ccc(O)c(C(C)C)c3)NC(=O)[C@H]([C@@H](C)O)NC2=O)cc1. The summed E-state index contributed by atoms with van der Waals surface area (Å²) in [6, 6.07) is 10.5. The summed E-state index contributed by atoms with van der Waals surface area (Å²) < 4.78 is 0. The number of phenols is 1. The van der Waals surface area contributed by atoms with Crippen LogP contribution in [0.2, 0.25) is 0 Å². The number of nitrogens with one attached hydrogen (secondary N) is 13. The number of carbonyl (C=O) groups excluding carboxylic acids is 11. The summed E-state index contributed by atoms with van der Waals surface area (Å²) in [5.74, 6) is -12.2. The van der Waals surface area contributed by atoms with Crippen LogP contribution in [0.5, 0.6) is 5.75 Å². The third-order valence-electron chi connectivity index (χ3n) is 18.7. The average molecular weight is 1560 g/mol. The number of aromatic amines is 1. The van der Waals surface area contributed by atoms with Gasteiger partial charge < -0.3 is 101 Å². The van der Waals surface area contributed by atoms with E-state index in [1.807, 2.05) is 39.8 Å². The number of thiol groups is 2. The van der Waals surface area contributed by atoms with Crippen LogP contribution in [0.3, 0.4) is 0 Å². The van der Waals surface area contributed by atoms with Gasteiger partial charge in [0.2, 0.25) is 65.0 Å². The summed E-state index contributed by atoms with van der Waals surface area (Å²) in [6.45, 7) is 8.62. The van der Waals surface area contributed by atoms with E-state index in [2.05, 4.69) is 94.0 Å².